The molecule has 0 aromatic heterocycles. The molecule has 0 saturated carbocycles. The minimum Gasteiger partial charge on any atom is -0.490 e. The fourth-order valence-corrected chi connectivity index (χ4v) is 4.33. The Labute approximate surface area is 176 Å². The number of nitriles is 1. The summed E-state index contributed by atoms with van der Waals surface area (Å²) in [6.45, 7) is 3.57. The number of imide groups is 1. The molecule has 0 aliphatic carbocycles. The van der Waals surface area contributed by atoms with Gasteiger partial charge < -0.3 is 4.74 Å². The van der Waals surface area contributed by atoms with E-state index in [4.69, 9.17) is 10.00 Å². The molecule has 4 rings (SSSR count). The van der Waals surface area contributed by atoms with Crippen molar-refractivity contribution in [2.24, 2.45) is 0 Å². The Morgan fingerprint density at radius 3 is 2.33 bits per heavy atom. The second-order valence-electron chi connectivity index (χ2n) is 7.79. The minimum atomic E-state index is -0.231. The van der Waals surface area contributed by atoms with E-state index in [2.05, 4.69) is 17.9 Å². The van der Waals surface area contributed by atoms with Gasteiger partial charge in [-0.2, -0.15) is 5.26 Å². The van der Waals surface area contributed by atoms with E-state index in [9.17, 15) is 9.59 Å². The van der Waals surface area contributed by atoms with Gasteiger partial charge in [0.15, 0.2) is 0 Å². The number of likely N-dealkylation sites (tertiary alicyclic amines) is 1. The first-order chi connectivity index (χ1) is 14.6. The number of hydrogen-bond acceptors (Lipinski definition) is 5. The lowest BCUT2D eigenvalue weighted by atomic mass is 10.1. The van der Waals surface area contributed by atoms with Crippen molar-refractivity contribution in [3.63, 3.8) is 0 Å². The fourth-order valence-electron chi connectivity index (χ4n) is 4.33. The fraction of sp³-hybridized carbons (Fsp3) is 0.375. The summed E-state index contributed by atoms with van der Waals surface area (Å²) in [5.41, 5.74) is 1.58. The summed E-state index contributed by atoms with van der Waals surface area (Å²) in [5, 5.41) is 9.05. The second kappa shape index (κ2) is 8.68. The summed E-state index contributed by atoms with van der Waals surface area (Å²) in [6, 6.07) is 16.4. The molecule has 2 amide bonds. The first kappa shape index (κ1) is 20.1. The van der Waals surface area contributed by atoms with Gasteiger partial charge in [-0.1, -0.05) is 31.5 Å². The maximum absolute atomic E-state index is 13.0. The highest BCUT2D eigenvalue weighted by atomic mass is 16.5. The minimum absolute atomic E-state index is 0.0552. The third-order valence-electron chi connectivity index (χ3n) is 5.83. The monoisotopic (exact) mass is 403 g/mol. The molecule has 30 heavy (non-hydrogen) atoms. The van der Waals surface area contributed by atoms with E-state index in [-0.39, 0.29) is 24.1 Å². The van der Waals surface area contributed by atoms with Gasteiger partial charge in [0.1, 0.15) is 11.9 Å². The number of amides is 2. The Balaban J connectivity index is 1.44. The van der Waals surface area contributed by atoms with Crippen LogP contribution in [0, 0.1) is 11.3 Å². The van der Waals surface area contributed by atoms with Crippen LogP contribution in [0.4, 0.5) is 0 Å². The zero-order chi connectivity index (χ0) is 21.1. The molecule has 2 aliphatic heterocycles. The normalized spacial score (nSPS) is 18.2. The van der Waals surface area contributed by atoms with Crippen LogP contribution in [-0.4, -0.2) is 47.0 Å². The smallest absolute Gasteiger partial charge is 0.262 e. The van der Waals surface area contributed by atoms with Crippen LogP contribution in [0.3, 0.4) is 0 Å². The summed E-state index contributed by atoms with van der Waals surface area (Å²) in [7, 11) is 0. The van der Waals surface area contributed by atoms with Crippen LogP contribution < -0.4 is 4.74 Å². The zero-order valence-electron chi connectivity index (χ0n) is 17.1. The van der Waals surface area contributed by atoms with E-state index in [1.807, 2.05) is 12.1 Å². The molecule has 0 N–H and O–H groups in total. The molecule has 2 aromatic rings. The first-order valence-corrected chi connectivity index (χ1v) is 10.5. The van der Waals surface area contributed by atoms with Gasteiger partial charge in [0.25, 0.3) is 11.8 Å². The van der Waals surface area contributed by atoms with Crippen molar-refractivity contribution in [2.45, 2.75) is 44.9 Å². The molecule has 1 atom stereocenters. The van der Waals surface area contributed by atoms with Crippen LogP contribution in [0.25, 0.3) is 0 Å². The van der Waals surface area contributed by atoms with Crippen LogP contribution in [0.15, 0.2) is 48.5 Å². The molecule has 2 aliphatic rings. The van der Waals surface area contributed by atoms with Crippen LogP contribution in [0.1, 0.15) is 58.9 Å². The van der Waals surface area contributed by atoms with Crippen LogP contribution in [0.5, 0.6) is 5.75 Å². The summed E-state index contributed by atoms with van der Waals surface area (Å²) in [5.74, 6) is 0.319. The molecular formula is C24H25N3O3. The Hall–Kier alpha value is -3.17. The van der Waals surface area contributed by atoms with E-state index in [0.717, 1.165) is 38.8 Å². The van der Waals surface area contributed by atoms with Crippen molar-refractivity contribution >= 4 is 11.8 Å². The van der Waals surface area contributed by atoms with E-state index < -0.39 is 0 Å². The third kappa shape index (κ3) is 3.81. The zero-order valence-corrected chi connectivity index (χ0v) is 17.1. The van der Waals surface area contributed by atoms with Gasteiger partial charge >= 0.3 is 0 Å². The lowest BCUT2D eigenvalue weighted by Crippen LogP contribution is -2.54. The average Bonchev–Trinajstić information content (AvgIpc) is 3.03. The molecule has 6 nitrogen and oxygen atoms in total. The number of carbonyl (C=O) groups excluding carboxylic acids is 2. The van der Waals surface area contributed by atoms with Crippen LogP contribution >= 0.6 is 0 Å². The number of piperidine rings is 1. The Bertz CT molecular complexity index is 954. The van der Waals surface area contributed by atoms with Crippen molar-refractivity contribution in [2.75, 3.05) is 13.1 Å². The number of carbonyl (C=O) groups is 2. The van der Waals surface area contributed by atoms with E-state index in [1.165, 1.54) is 4.90 Å². The molecule has 0 radical (unpaired) electrons. The van der Waals surface area contributed by atoms with Crippen molar-refractivity contribution in [1.29, 1.82) is 5.26 Å². The van der Waals surface area contributed by atoms with E-state index in [0.29, 0.717) is 22.4 Å². The highest BCUT2D eigenvalue weighted by Gasteiger charge is 2.42. The SMILES string of the molecule is CCCC(N1CCC(Oc2cccc(C#N)c2)CC1)N1C(=O)c2ccccc2C1=O. The standard InChI is InChI=1S/C24H25N3O3/c1-2-6-22(27-23(28)20-9-3-4-10-21(20)24(27)29)26-13-11-18(12-14-26)30-19-8-5-7-17(15-19)16-25/h3-5,7-10,15,18,22H,2,6,11-14H2,1H3. The van der Waals surface area contributed by atoms with Gasteiger partial charge in [-0.05, 0) is 49.6 Å². The predicted molar refractivity (Wildman–Crippen MR) is 112 cm³/mol. The molecular weight excluding hydrogens is 378 g/mol. The maximum Gasteiger partial charge on any atom is 0.262 e. The van der Waals surface area contributed by atoms with Gasteiger partial charge in [0, 0.05) is 13.1 Å². The molecule has 2 heterocycles. The molecule has 0 bridgehead atoms. The molecule has 1 fully saturated rings. The number of benzene rings is 2. The predicted octanol–water partition coefficient (Wildman–Crippen LogP) is 3.82. The molecule has 154 valence electrons. The average molecular weight is 403 g/mol. The van der Waals surface area contributed by atoms with Gasteiger partial charge in [-0.25, -0.2) is 0 Å². The number of nitrogens with zero attached hydrogens (tertiary/aromatic N) is 3. The topological polar surface area (TPSA) is 73.6 Å². The third-order valence-corrected chi connectivity index (χ3v) is 5.83. The van der Waals surface area contributed by atoms with Crippen molar-refractivity contribution in [1.82, 2.24) is 9.80 Å². The maximum atomic E-state index is 13.0. The summed E-state index contributed by atoms with van der Waals surface area (Å²) in [4.78, 5) is 29.6. The number of fused-ring (bicyclic) bond motifs is 1. The summed E-state index contributed by atoms with van der Waals surface area (Å²) < 4.78 is 6.08. The quantitative estimate of drug-likeness (QED) is 0.686. The Kier molecular flexibility index (Phi) is 5.82. The number of rotatable bonds is 6. The number of hydrogen-bond donors (Lipinski definition) is 0. The molecule has 6 heteroatoms. The lowest BCUT2D eigenvalue weighted by molar-refractivity contribution is 0.00743. The van der Waals surface area contributed by atoms with E-state index in [1.54, 1.807) is 36.4 Å². The summed E-state index contributed by atoms with van der Waals surface area (Å²) in [6.07, 6.45) is 3.07. The van der Waals surface area contributed by atoms with Gasteiger partial charge in [0.2, 0.25) is 0 Å². The first-order valence-electron chi connectivity index (χ1n) is 10.5. The molecule has 1 saturated heterocycles. The van der Waals surface area contributed by atoms with E-state index >= 15 is 0 Å². The molecule has 1 unspecified atom stereocenters. The lowest BCUT2D eigenvalue weighted by Gasteiger charge is -2.40. The van der Waals surface area contributed by atoms with Gasteiger partial charge in [-0.3, -0.25) is 19.4 Å². The Morgan fingerprint density at radius 1 is 1.07 bits per heavy atom. The van der Waals surface area contributed by atoms with Gasteiger partial charge in [0.05, 0.1) is 28.9 Å². The van der Waals surface area contributed by atoms with Crippen molar-refractivity contribution in [3.8, 4) is 11.8 Å². The molecule has 0 spiro atoms. The van der Waals surface area contributed by atoms with Crippen LogP contribution in [-0.2, 0) is 0 Å². The number of ether oxygens (including phenoxy) is 1. The second-order valence-corrected chi connectivity index (χ2v) is 7.79. The van der Waals surface area contributed by atoms with Crippen molar-refractivity contribution in [3.05, 3.63) is 65.2 Å². The highest BCUT2D eigenvalue weighted by molar-refractivity contribution is 6.21. The van der Waals surface area contributed by atoms with Crippen molar-refractivity contribution < 1.29 is 14.3 Å². The summed E-state index contributed by atoms with van der Waals surface area (Å²) >= 11 is 0. The van der Waals surface area contributed by atoms with Crippen LogP contribution in [0.2, 0.25) is 0 Å². The largest absolute Gasteiger partial charge is 0.490 e. The molecule has 2 aromatic carbocycles. The highest BCUT2D eigenvalue weighted by Crippen LogP contribution is 2.29. The van der Waals surface area contributed by atoms with Gasteiger partial charge in [-0.15, -0.1) is 0 Å². The Morgan fingerprint density at radius 2 is 1.73 bits per heavy atom.